The second kappa shape index (κ2) is 10.7. The van der Waals surface area contributed by atoms with Gasteiger partial charge in [0.2, 0.25) is 5.91 Å². The molecule has 0 bridgehead atoms. The number of alkyl carbamates (subject to hydrolysis) is 1. The minimum absolute atomic E-state index is 0.00843. The highest BCUT2D eigenvalue weighted by atomic mass is 16.6. The summed E-state index contributed by atoms with van der Waals surface area (Å²) in [5.74, 6) is -2.46. The van der Waals surface area contributed by atoms with Gasteiger partial charge < -0.3 is 30.2 Å². The highest BCUT2D eigenvalue weighted by molar-refractivity contribution is 6.01. The van der Waals surface area contributed by atoms with E-state index in [0.29, 0.717) is 16.6 Å². The highest BCUT2D eigenvalue weighted by Crippen LogP contribution is 2.21. The minimum Gasteiger partial charge on any atom is -0.477 e. The third-order valence-electron chi connectivity index (χ3n) is 4.74. The average molecular weight is 482 g/mol. The Kier molecular flexibility index (Phi) is 7.75. The minimum atomic E-state index is -1.27. The van der Waals surface area contributed by atoms with Crippen LogP contribution in [0, 0.1) is 0 Å². The van der Waals surface area contributed by atoms with Crippen molar-refractivity contribution in [1.29, 1.82) is 0 Å². The number of ether oxygens (including phenoxy) is 2. The van der Waals surface area contributed by atoms with E-state index in [0.717, 1.165) is 5.56 Å². The molecule has 1 aromatic heterocycles. The zero-order valence-corrected chi connectivity index (χ0v) is 19.6. The fraction of sp³-hybridized carbons (Fsp3) is 0.280. The van der Waals surface area contributed by atoms with E-state index in [1.165, 1.54) is 6.07 Å². The number of fused-ring (bicyclic) bond motifs is 1. The highest BCUT2D eigenvalue weighted by Gasteiger charge is 2.27. The van der Waals surface area contributed by atoms with Gasteiger partial charge in [0, 0.05) is 16.6 Å². The topological polar surface area (TPSA) is 147 Å². The molecule has 0 radical (unpaired) electrons. The fourth-order valence-corrected chi connectivity index (χ4v) is 3.18. The second-order valence-corrected chi connectivity index (χ2v) is 8.83. The summed E-state index contributed by atoms with van der Waals surface area (Å²) in [7, 11) is 0. The van der Waals surface area contributed by atoms with Crippen LogP contribution in [0.5, 0.6) is 0 Å². The number of carboxylic acid groups (broad SMARTS) is 1. The van der Waals surface area contributed by atoms with Crippen molar-refractivity contribution in [2.75, 3.05) is 5.32 Å². The van der Waals surface area contributed by atoms with Crippen LogP contribution in [0.25, 0.3) is 10.9 Å². The van der Waals surface area contributed by atoms with E-state index in [4.69, 9.17) is 14.6 Å². The lowest BCUT2D eigenvalue weighted by molar-refractivity contribution is -0.146. The summed E-state index contributed by atoms with van der Waals surface area (Å²) in [6.07, 6.45) is -1.28. The third-order valence-corrected chi connectivity index (χ3v) is 4.74. The zero-order chi connectivity index (χ0) is 25.6. The number of aromatic amines is 1. The van der Waals surface area contributed by atoms with Gasteiger partial charge in [-0.3, -0.25) is 9.59 Å². The SMILES string of the molecule is CC(C)(C)OC(=O)NC(CC(=O)OCc1ccccc1)C(=O)Nc1ccc2[nH]c(C(=O)O)cc2c1. The summed E-state index contributed by atoms with van der Waals surface area (Å²) in [5.41, 5.74) is 0.914. The summed E-state index contributed by atoms with van der Waals surface area (Å²) in [5, 5.41) is 14.8. The van der Waals surface area contributed by atoms with E-state index in [1.807, 2.05) is 18.2 Å². The Balaban J connectivity index is 1.71. The first-order valence-corrected chi connectivity index (χ1v) is 10.9. The van der Waals surface area contributed by atoms with Crippen LogP contribution in [0.3, 0.4) is 0 Å². The van der Waals surface area contributed by atoms with Crippen LogP contribution >= 0.6 is 0 Å². The molecule has 184 valence electrons. The largest absolute Gasteiger partial charge is 0.477 e. The number of carbonyl (C=O) groups excluding carboxylic acids is 3. The molecule has 1 atom stereocenters. The van der Waals surface area contributed by atoms with Crippen molar-refractivity contribution < 1.29 is 33.8 Å². The number of aromatic nitrogens is 1. The first kappa shape index (κ1) is 25.3. The number of hydrogen-bond acceptors (Lipinski definition) is 6. The van der Waals surface area contributed by atoms with Crippen LogP contribution in [-0.2, 0) is 25.7 Å². The molecule has 4 N–H and O–H groups in total. The zero-order valence-electron chi connectivity index (χ0n) is 19.6. The van der Waals surface area contributed by atoms with E-state index in [-0.39, 0.29) is 12.3 Å². The van der Waals surface area contributed by atoms with E-state index >= 15 is 0 Å². The number of aromatic carboxylic acids is 1. The molecule has 10 nitrogen and oxygen atoms in total. The number of nitrogens with one attached hydrogen (secondary N) is 3. The van der Waals surface area contributed by atoms with E-state index < -0.39 is 42.0 Å². The van der Waals surface area contributed by atoms with Crippen LogP contribution in [0.2, 0.25) is 0 Å². The summed E-state index contributed by atoms with van der Waals surface area (Å²) in [4.78, 5) is 51.6. The number of H-pyrrole nitrogens is 1. The summed E-state index contributed by atoms with van der Waals surface area (Å²) < 4.78 is 10.5. The fourth-order valence-electron chi connectivity index (χ4n) is 3.18. The average Bonchev–Trinajstić information content (AvgIpc) is 3.20. The smallest absolute Gasteiger partial charge is 0.408 e. The monoisotopic (exact) mass is 481 g/mol. The van der Waals surface area contributed by atoms with E-state index in [9.17, 15) is 19.2 Å². The molecular formula is C25H27N3O7. The molecule has 35 heavy (non-hydrogen) atoms. The third kappa shape index (κ3) is 7.60. The second-order valence-electron chi connectivity index (χ2n) is 8.83. The molecule has 0 aliphatic rings. The molecular weight excluding hydrogens is 454 g/mol. The van der Waals surface area contributed by atoms with Gasteiger partial charge in [-0.15, -0.1) is 0 Å². The van der Waals surface area contributed by atoms with Gasteiger partial charge in [0.1, 0.15) is 23.9 Å². The molecule has 0 saturated carbocycles. The Bertz CT molecular complexity index is 1230. The number of esters is 1. The molecule has 2 aromatic carbocycles. The normalized spacial score (nSPS) is 12.0. The van der Waals surface area contributed by atoms with Gasteiger partial charge in [0.05, 0.1) is 6.42 Å². The van der Waals surface area contributed by atoms with Crippen molar-refractivity contribution in [2.24, 2.45) is 0 Å². The van der Waals surface area contributed by atoms with Gasteiger partial charge >= 0.3 is 18.0 Å². The van der Waals surface area contributed by atoms with Gasteiger partial charge in [-0.25, -0.2) is 9.59 Å². The lowest BCUT2D eigenvalue weighted by Gasteiger charge is -2.23. The van der Waals surface area contributed by atoms with Gasteiger partial charge in [-0.2, -0.15) is 0 Å². The molecule has 0 fully saturated rings. The number of rotatable bonds is 8. The van der Waals surface area contributed by atoms with Crippen molar-refractivity contribution in [3.05, 3.63) is 65.9 Å². The van der Waals surface area contributed by atoms with Crippen molar-refractivity contribution >= 4 is 40.5 Å². The van der Waals surface area contributed by atoms with Gasteiger partial charge in [0.25, 0.3) is 0 Å². The number of benzene rings is 2. The number of amides is 2. The lowest BCUT2D eigenvalue weighted by Crippen LogP contribution is -2.47. The quantitative estimate of drug-likeness (QED) is 0.358. The maximum absolute atomic E-state index is 13.0. The standard InChI is InChI=1S/C25H27N3O7/c1-25(2,3)35-24(33)28-19(13-21(29)34-14-15-7-5-4-6-8-15)22(30)26-17-9-10-18-16(11-17)12-20(27-18)23(31)32/h4-12,19,27H,13-14H2,1-3H3,(H,26,30)(H,28,33)(H,31,32). The number of carbonyl (C=O) groups is 4. The summed E-state index contributed by atoms with van der Waals surface area (Å²) in [6, 6.07) is 14.0. The molecule has 0 spiro atoms. The Morgan fingerprint density at radius 3 is 2.40 bits per heavy atom. The van der Waals surface area contributed by atoms with Crippen molar-refractivity contribution in [3.63, 3.8) is 0 Å². The molecule has 3 rings (SSSR count). The van der Waals surface area contributed by atoms with Gasteiger partial charge in [0.15, 0.2) is 0 Å². The van der Waals surface area contributed by atoms with Crippen LogP contribution in [0.4, 0.5) is 10.5 Å². The molecule has 0 aliphatic heterocycles. The number of carboxylic acids is 1. The molecule has 10 heteroatoms. The van der Waals surface area contributed by atoms with Crippen molar-refractivity contribution in [1.82, 2.24) is 10.3 Å². The Morgan fingerprint density at radius 1 is 1.03 bits per heavy atom. The van der Waals surface area contributed by atoms with E-state index in [2.05, 4.69) is 15.6 Å². The van der Waals surface area contributed by atoms with Gasteiger partial charge in [-0.1, -0.05) is 30.3 Å². The molecule has 0 aliphatic carbocycles. The summed E-state index contributed by atoms with van der Waals surface area (Å²) in [6.45, 7) is 5.05. The molecule has 3 aromatic rings. The van der Waals surface area contributed by atoms with Crippen LogP contribution in [-0.4, -0.2) is 45.7 Å². The summed E-state index contributed by atoms with van der Waals surface area (Å²) >= 11 is 0. The van der Waals surface area contributed by atoms with E-state index in [1.54, 1.807) is 51.1 Å². The maximum Gasteiger partial charge on any atom is 0.408 e. The molecule has 2 amide bonds. The predicted octanol–water partition coefficient (Wildman–Crippen LogP) is 3.83. The van der Waals surface area contributed by atoms with Crippen molar-refractivity contribution in [3.8, 4) is 0 Å². The molecule has 1 unspecified atom stereocenters. The Morgan fingerprint density at radius 2 is 1.74 bits per heavy atom. The van der Waals surface area contributed by atoms with Crippen LogP contribution in [0.15, 0.2) is 54.6 Å². The Labute approximate surface area is 201 Å². The first-order chi connectivity index (χ1) is 16.5. The maximum atomic E-state index is 13.0. The van der Waals surface area contributed by atoms with Crippen LogP contribution < -0.4 is 10.6 Å². The number of hydrogen-bond donors (Lipinski definition) is 4. The van der Waals surface area contributed by atoms with Gasteiger partial charge in [-0.05, 0) is 50.6 Å². The lowest BCUT2D eigenvalue weighted by atomic mass is 10.1. The molecule has 1 heterocycles. The predicted molar refractivity (Wildman–Crippen MR) is 128 cm³/mol. The first-order valence-electron chi connectivity index (χ1n) is 10.9. The number of anilines is 1. The Hall–Kier alpha value is -4.34. The van der Waals surface area contributed by atoms with Crippen LogP contribution in [0.1, 0.15) is 43.2 Å². The van der Waals surface area contributed by atoms with Crippen molar-refractivity contribution in [2.45, 2.75) is 45.4 Å². The molecule has 0 saturated heterocycles.